The van der Waals surface area contributed by atoms with Gasteiger partial charge < -0.3 is 0 Å². The zero-order valence-electron chi connectivity index (χ0n) is 14.0. The van der Waals surface area contributed by atoms with Crippen molar-refractivity contribution in [1.29, 1.82) is 21.0 Å². The molecule has 2 aromatic carbocycles. The van der Waals surface area contributed by atoms with Crippen LogP contribution in [0.5, 0.6) is 0 Å². The number of nitriles is 4. The number of hydrogen-bond acceptors (Lipinski definition) is 4. The van der Waals surface area contributed by atoms with Crippen LogP contribution in [-0.2, 0) is 11.8 Å². The second kappa shape index (κ2) is 7.19. The highest BCUT2D eigenvalue weighted by Crippen LogP contribution is 2.55. The van der Waals surface area contributed by atoms with Crippen molar-refractivity contribution < 1.29 is 26.3 Å². The van der Waals surface area contributed by atoms with Crippen LogP contribution in [0, 0.1) is 45.3 Å². The summed E-state index contributed by atoms with van der Waals surface area (Å²) >= 11 is 0. The van der Waals surface area contributed by atoms with E-state index in [4.69, 9.17) is 21.0 Å². The highest BCUT2D eigenvalue weighted by molar-refractivity contribution is 5.50. The Balaban J connectivity index is 2.64. The monoisotopic (exact) mass is 404 g/mol. The van der Waals surface area contributed by atoms with E-state index < -0.39 is 51.1 Å². The van der Waals surface area contributed by atoms with E-state index in [1.807, 2.05) is 0 Å². The number of nitrogens with zero attached hydrogens (tertiary/aromatic N) is 4. The summed E-state index contributed by atoms with van der Waals surface area (Å²) in [6.45, 7) is 0. The molecule has 29 heavy (non-hydrogen) atoms. The molecule has 0 N–H and O–H groups in total. The fourth-order valence-corrected chi connectivity index (χ4v) is 2.42. The van der Waals surface area contributed by atoms with Gasteiger partial charge in [0.25, 0.3) is 0 Å². The van der Waals surface area contributed by atoms with Crippen LogP contribution in [0.3, 0.4) is 0 Å². The molecule has 0 aromatic heterocycles. The topological polar surface area (TPSA) is 95.2 Å². The predicted octanol–water partition coefficient (Wildman–Crippen LogP) is 4.69. The van der Waals surface area contributed by atoms with Gasteiger partial charge >= 0.3 is 17.8 Å². The Morgan fingerprint density at radius 3 is 1.10 bits per heavy atom. The van der Waals surface area contributed by atoms with Crippen molar-refractivity contribution in [3.8, 4) is 24.3 Å². The lowest BCUT2D eigenvalue weighted by atomic mass is 9.90. The molecule has 2 aromatic rings. The van der Waals surface area contributed by atoms with Crippen LogP contribution in [0.25, 0.3) is 0 Å². The molecule has 4 nitrogen and oxygen atoms in total. The molecular formula is C19H6F6N4. The SMILES string of the molecule is N#Cc1ccc(C(F)(F)C(F)(F)C(F)(F)c2ccc(C#N)c(C#N)c2)cc1C#N. The van der Waals surface area contributed by atoms with Gasteiger partial charge in [0.05, 0.1) is 22.3 Å². The van der Waals surface area contributed by atoms with Gasteiger partial charge in [0.15, 0.2) is 0 Å². The third-order valence-electron chi connectivity index (χ3n) is 4.03. The van der Waals surface area contributed by atoms with Gasteiger partial charge in [-0.05, 0) is 24.3 Å². The number of alkyl halides is 6. The van der Waals surface area contributed by atoms with E-state index >= 15 is 0 Å². The number of hydrogen-bond donors (Lipinski definition) is 0. The molecule has 0 aliphatic carbocycles. The second-order valence-electron chi connectivity index (χ2n) is 5.69. The first kappa shape index (κ1) is 21.3. The summed E-state index contributed by atoms with van der Waals surface area (Å²) in [5, 5.41) is 35.2. The molecule has 0 bridgehead atoms. The zero-order valence-corrected chi connectivity index (χ0v) is 14.0. The molecule has 0 fully saturated rings. The minimum atomic E-state index is -5.98. The van der Waals surface area contributed by atoms with E-state index in [0.29, 0.717) is 24.3 Å². The van der Waals surface area contributed by atoms with Gasteiger partial charge in [-0.3, -0.25) is 0 Å². The van der Waals surface area contributed by atoms with Gasteiger partial charge in [-0.25, -0.2) is 0 Å². The van der Waals surface area contributed by atoms with Crippen molar-refractivity contribution >= 4 is 0 Å². The van der Waals surface area contributed by atoms with E-state index in [0.717, 1.165) is 0 Å². The minimum Gasteiger partial charge on any atom is -0.194 e. The molecular weight excluding hydrogens is 398 g/mol. The lowest BCUT2D eigenvalue weighted by Gasteiger charge is -2.33. The van der Waals surface area contributed by atoms with E-state index in [1.54, 1.807) is 0 Å². The van der Waals surface area contributed by atoms with Crippen LogP contribution in [0.1, 0.15) is 33.4 Å². The Morgan fingerprint density at radius 2 is 0.828 bits per heavy atom. The summed E-state index contributed by atoms with van der Waals surface area (Å²) in [7, 11) is 0. The average Bonchev–Trinajstić information content (AvgIpc) is 2.72. The lowest BCUT2D eigenvalue weighted by Crippen LogP contribution is -2.50. The van der Waals surface area contributed by atoms with Crippen LogP contribution in [-0.4, -0.2) is 5.92 Å². The molecule has 2 rings (SSSR count). The summed E-state index contributed by atoms with van der Waals surface area (Å²) < 4.78 is 86.6. The second-order valence-corrected chi connectivity index (χ2v) is 5.69. The van der Waals surface area contributed by atoms with Crippen molar-refractivity contribution in [3.05, 3.63) is 69.8 Å². The molecule has 0 heterocycles. The summed E-state index contributed by atoms with van der Waals surface area (Å²) in [5.41, 5.74) is -5.35. The molecule has 144 valence electrons. The molecule has 10 heteroatoms. The van der Waals surface area contributed by atoms with E-state index in [1.165, 1.54) is 24.3 Å². The largest absolute Gasteiger partial charge is 0.380 e. The Bertz CT molecular complexity index is 1050. The quantitative estimate of drug-likeness (QED) is 0.691. The van der Waals surface area contributed by atoms with Crippen molar-refractivity contribution in [3.63, 3.8) is 0 Å². The smallest absolute Gasteiger partial charge is 0.194 e. The van der Waals surface area contributed by atoms with Crippen molar-refractivity contribution in [2.45, 2.75) is 17.8 Å². The predicted molar refractivity (Wildman–Crippen MR) is 84.5 cm³/mol. The standard InChI is InChI=1S/C19H6F6N4/c20-17(21,15-3-1-11(7-26)13(5-15)9-28)19(24,25)18(22,23)16-4-2-12(8-27)14(6-16)10-29/h1-6H. The van der Waals surface area contributed by atoms with Crippen LogP contribution in [0.2, 0.25) is 0 Å². The number of rotatable bonds is 4. The summed E-state index contributed by atoms with van der Waals surface area (Å²) in [4.78, 5) is 0. The van der Waals surface area contributed by atoms with E-state index in [-0.39, 0.29) is 12.1 Å². The third-order valence-corrected chi connectivity index (χ3v) is 4.03. The summed E-state index contributed by atoms with van der Waals surface area (Å²) in [5.74, 6) is -16.9. The Morgan fingerprint density at radius 1 is 0.517 bits per heavy atom. The number of halogens is 6. The number of benzene rings is 2. The van der Waals surface area contributed by atoms with Gasteiger partial charge in [0.2, 0.25) is 0 Å². The van der Waals surface area contributed by atoms with Gasteiger partial charge in [0.1, 0.15) is 24.3 Å². The van der Waals surface area contributed by atoms with Gasteiger partial charge in [-0.2, -0.15) is 47.4 Å². The van der Waals surface area contributed by atoms with Gasteiger partial charge in [-0.15, -0.1) is 0 Å². The molecule has 0 atom stereocenters. The Hall–Kier alpha value is -4.02. The maximum Gasteiger partial charge on any atom is 0.380 e. The average molecular weight is 404 g/mol. The maximum absolute atomic E-state index is 14.5. The molecule has 0 spiro atoms. The molecule has 0 aliphatic heterocycles. The van der Waals surface area contributed by atoms with Crippen molar-refractivity contribution in [2.24, 2.45) is 0 Å². The fraction of sp³-hybridized carbons (Fsp3) is 0.158. The normalized spacial score (nSPS) is 11.7. The minimum absolute atomic E-state index is 0.238. The van der Waals surface area contributed by atoms with Gasteiger partial charge in [-0.1, -0.05) is 12.1 Å². The summed E-state index contributed by atoms with van der Waals surface area (Å²) in [6, 6.07) is 8.14. The zero-order chi connectivity index (χ0) is 22.0. The highest BCUT2D eigenvalue weighted by atomic mass is 19.3. The van der Waals surface area contributed by atoms with Gasteiger partial charge in [0, 0.05) is 11.1 Å². The fourth-order valence-electron chi connectivity index (χ4n) is 2.42. The maximum atomic E-state index is 14.5. The summed E-state index contributed by atoms with van der Waals surface area (Å²) in [6.07, 6.45) is 0. The molecule has 0 saturated heterocycles. The van der Waals surface area contributed by atoms with E-state index in [2.05, 4.69) is 0 Å². The van der Waals surface area contributed by atoms with Crippen molar-refractivity contribution in [1.82, 2.24) is 0 Å². The lowest BCUT2D eigenvalue weighted by molar-refractivity contribution is -0.321. The first-order valence-corrected chi connectivity index (χ1v) is 7.50. The molecule has 0 aliphatic rings. The first-order valence-electron chi connectivity index (χ1n) is 7.50. The molecule has 0 radical (unpaired) electrons. The molecule has 0 amide bonds. The first-order chi connectivity index (χ1) is 13.5. The molecule has 0 unspecified atom stereocenters. The highest BCUT2D eigenvalue weighted by Gasteiger charge is 2.72. The third kappa shape index (κ3) is 3.22. The van der Waals surface area contributed by atoms with Crippen LogP contribution >= 0.6 is 0 Å². The van der Waals surface area contributed by atoms with Crippen LogP contribution in [0.4, 0.5) is 26.3 Å². The Labute approximate surface area is 160 Å². The van der Waals surface area contributed by atoms with E-state index in [9.17, 15) is 26.3 Å². The van der Waals surface area contributed by atoms with Crippen LogP contribution < -0.4 is 0 Å². The van der Waals surface area contributed by atoms with Crippen LogP contribution in [0.15, 0.2) is 36.4 Å². The molecule has 0 saturated carbocycles. The van der Waals surface area contributed by atoms with Crippen molar-refractivity contribution in [2.75, 3.05) is 0 Å². The Kier molecular flexibility index (Phi) is 5.27.